The van der Waals surface area contributed by atoms with Crippen molar-refractivity contribution in [2.45, 2.75) is 36.3 Å². The fourth-order valence-corrected chi connectivity index (χ4v) is 4.86. The van der Waals surface area contributed by atoms with Crippen LogP contribution in [0.1, 0.15) is 26.2 Å². The summed E-state index contributed by atoms with van der Waals surface area (Å²) >= 11 is 1.83. The SMILES string of the molecule is CCOc1ccc(N)cc1S(=O)(=O)NCC1CCCCS1. The Morgan fingerprint density at radius 2 is 2.24 bits per heavy atom. The van der Waals surface area contributed by atoms with Crippen LogP contribution in [0.15, 0.2) is 23.1 Å². The van der Waals surface area contributed by atoms with Gasteiger partial charge in [-0.15, -0.1) is 0 Å². The number of nitrogens with one attached hydrogen (secondary N) is 1. The molecule has 0 bridgehead atoms. The molecule has 21 heavy (non-hydrogen) atoms. The van der Waals surface area contributed by atoms with Gasteiger partial charge < -0.3 is 10.5 Å². The van der Waals surface area contributed by atoms with E-state index in [0.29, 0.717) is 29.8 Å². The average Bonchev–Trinajstić information content (AvgIpc) is 2.48. The normalized spacial score (nSPS) is 19.4. The molecule has 1 unspecified atom stereocenters. The van der Waals surface area contributed by atoms with Crippen LogP contribution >= 0.6 is 11.8 Å². The van der Waals surface area contributed by atoms with E-state index in [-0.39, 0.29) is 4.90 Å². The van der Waals surface area contributed by atoms with E-state index in [9.17, 15) is 8.42 Å². The van der Waals surface area contributed by atoms with Gasteiger partial charge in [-0.25, -0.2) is 13.1 Å². The lowest BCUT2D eigenvalue weighted by Crippen LogP contribution is -2.32. The minimum absolute atomic E-state index is 0.116. The highest BCUT2D eigenvalue weighted by molar-refractivity contribution is 8.00. The lowest BCUT2D eigenvalue weighted by Gasteiger charge is -2.21. The van der Waals surface area contributed by atoms with Crippen LogP contribution < -0.4 is 15.2 Å². The molecule has 1 aliphatic heterocycles. The highest BCUT2D eigenvalue weighted by Gasteiger charge is 2.22. The number of ether oxygens (including phenoxy) is 1. The number of sulfonamides is 1. The fraction of sp³-hybridized carbons (Fsp3) is 0.571. The lowest BCUT2D eigenvalue weighted by molar-refractivity contribution is 0.331. The first kappa shape index (κ1) is 16.5. The third kappa shape index (κ3) is 4.52. The predicted molar refractivity (Wildman–Crippen MR) is 87.3 cm³/mol. The summed E-state index contributed by atoms with van der Waals surface area (Å²) in [6.07, 6.45) is 3.45. The van der Waals surface area contributed by atoms with E-state index in [1.165, 1.54) is 18.9 Å². The molecule has 0 amide bonds. The van der Waals surface area contributed by atoms with Crippen LogP contribution in [-0.2, 0) is 10.0 Å². The van der Waals surface area contributed by atoms with Gasteiger partial charge in [-0.05, 0) is 43.7 Å². The van der Waals surface area contributed by atoms with Crippen molar-refractivity contribution in [1.82, 2.24) is 4.72 Å². The Morgan fingerprint density at radius 3 is 2.90 bits per heavy atom. The van der Waals surface area contributed by atoms with E-state index in [1.807, 2.05) is 18.7 Å². The van der Waals surface area contributed by atoms with Gasteiger partial charge in [0.15, 0.2) is 0 Å². The van der Waals surface area contributed by atoms with Gasteiger partial charge in [-0.3, -0.25) is 0 Å². The molecule has 1 aromatic carbocycles. The molecule has 3 N–H and O–H groups in total. The molecule has 1 aliphatic rings. The molecule has 0 aliphatic carbocycles. The second-order valence-corrected chi connectivity index (χ2v) is 8.12. The molecule has 0 spiro atoms. The van der Waals surface area contributed by atoms with Crippen LogP contribution in [0, 0.1) is 0 Å². The van der Waals surface area contributed by atoms with Crippen molar-refractivity contribution < 1.29 is 13.2 Å². The smallest absolute Gasteiger partial charge is 0.244 e. The number of nitrogen functional groups attached to an aromatic ring is 1. The molecule has 2 rings (SSSR count). The van der Waals surface area contributed by atoms with Gasteiger partial charge in [0.25, 0.3) is 0 Å². The van der Waals surface area contributed by atoms with E-state index in [1.54, 1.807) is 12.1 Å². The number of hydrogen-bond acceptors (Lipinski definition) is 5. The molecule has 1 heterocycles. The highest BCUT2D eigenvalue weighted by Crippen LogP contribution is 2.28. The zero-order chi connectivity index (χ0) is 15.3. The number of benzene rings is 1. The topological polar surface area (TPSA) is 81.4 Å². The van der Waals surface area contributed by atoms with Gasteiger partial charge in [0, 0.05) is 17.5 Å². The van der Waals surface area contributed by atoms with Gasteiger partial charge in [0.05, 0.1) is 6.61 Å². The maximum atomic E-state index is 12.5. The summed E-state index contributed by atoms with van der Waals surface area (Å²) in [5.41, 5.74) is 6.12. The van der Waals surface area contributed by atoms with Crippen molar-refractivity contribution in [3.05, 3.63) is 18.2 Å². The van der Waals surface area contributed by atoms with E-state index >= 15 is 0 Å². The molecule has 1 fully saturated rings. The fourth-order valence-electron chi connectivity index (χ4n) is 2.26. The predicted octanol–water partition coefficient (Wildman–Crippen LogP) is 2.23. The van der Waals surface area contributed by atoms with Crippen molar-refractivity contribution in [3.8, 4) is 5.75 Å². The van der Waals surface area contributed by atoms with Crippen LogP contribution in [0.3, 0.4) is 0 Å². The minimum atomic E-state index is -3.60. The Balaban J connectivity index is 2.12. The van der Waals surface area contributed by atoms with Crippen molar-refractivity contribution in [1.29, 1.82) is 0 Å². The van der Waals surface area contributed by atoms with Gasteiger partial charge >= 0.3 is 0 Å². The van der Waals surface area contributed by atoms with Gasteiger partial charge in [-0.2, -0.15) is 11.8 Å². The van der Waals surface area contributed by atoms with Crippen LogP contribution in [0.2, 0.25) is 0 Å². The number of rotatable bonds is 6. The summed E-state index contributed by atoms with van der Waals surface area (Å²) in [6.45, 7) is 2.68. The van der Waals surface area contributed by atoms with Crippen molar-refractivity contribution in [2.75, 3.05) is 24.6 Å². The second-order valence-electron chi connectivity index (χ2n) is 4.98. The van der Waals surface area contributed by atoms with Gasteiger partial charge in [0.2, 0.25) is 10.0 Å². The molecule has 1 aromatic rings. The average molecular weight is 330 g/mol. The molecule has 1 atom stereocenters. The quantitative estimate of drug-likeness (QED) is 0.782. The van der Waals surface area contributed by atoms with Crippen LogP contribution in [-0.4, -0.2) is 32.6 Å². The lowest BCUT2D eigenvalue weighted by atomic mass is 10.2. The van der Waals surface area contributed by atoms with E-state index in [4.69, 9.17) is 10.5 Å². The first-order valence-corrected chi connectivity index (χ1v) is 9.69. The van der Waals surface area contributed by atoms with Gasteiger partial charge in [0.1, 0.15) is 10.6 Å². The molecule has 5 nitrogen and oxygen atoms in total. The first-order chi connectivity index (χ1) is 10.0. The Bertz CT molecular complexity index is 570. The standard InChI is InChI=1S/C14H22N2O3S2/c1-2-19-13-7-6-11(15)9-14(13)21(17,18)16-10-12-5-3-4-8-20-12/h6-7,9,12,16H,2-5,8,10,15H2,1H3. The number of hydrogen-bond donors (Lipinski definition) is 2. The Hall–Kier alpha value is -0.920. The zero-order valence-electron chi connectivity index (χ0n) is 12.2. The van der Waals surface area contributed by atoms with Crippen LogP contribution in [0.25, 0.3) is 0 Å². The monoisotopic (exact) mass is 330 g/mol. The van der Waals surface area contributed by atoms with E-state index in [2.05, 4.69) is 4.72 Å². The van der Waals surface area contributed by atoms with E-state index in [0.717, 1.165) is 12.2 Å². The van der Waals surface area contributed by atoms with Crippen molar-refractivity contribution in [2.24, 2.45) is 0 Å². The Kier molecular flexibility index (Phi) is 5.78. The minimum Gasteiger partial charge on any atom is -0.492 e. The maximum Gasteiger partial charge on any atom is 0.244 e. The third-order valence-electron chi connectivity index (χ3n) is 3.33. The second kappa shape index (κ2) is 7.38. The number of nitrogens with two attached hydrogens (primary N) is 1. The largest absolute Gasteiger partial charge is 0.492 e. The summed E-state index contributed by atoms with van der Waals surface area (Å²) in [5.74, 6) is 1.45. The van der Waals surface area contributed by atoms with E-state index < -0.39 is 10.0 Å². The summed E-state index contributed by atoms with van der Waals surface area (Å²) in [4.78, 5) is 0.116. The molecular weight excluding hydrogens is 308 g/mol. The number of thioether (sulfide) groups is 1. The van der Waals surface area contributed by atoms with Crippen molar-refractivity contribution >= 4 is 27.5 Å². The van der Waals surface area contributed by atoms with Crippen LogP contribution in [0.4, 0.5) is 5.69 Å². The zero-order valence-corrected chi connectivity index (χ0v) is 13.8. The molecule has 118 valence electrons. The third-order valence-corrected chi connectivity index (χ3v) is 6.18. The molecule has 0 aromatic heterocycles. The first-order valence-electron chi connectivity index (χ1n) is 7.16. The Morgan fingerprint density at radius 1 is 1.43 bits per heavy atom. The Labute approximate surface area is 130 Å². The van der Waals surface area contributed by atoms with Gasteiger partial charge in [-0.1, -0.05) is 6.42 Å². The molecule has 7 heteroatoms. The summed E-state index contributed by atoms with van der Waals surface area (Å²) in [5, 5.41) is 0.352. The van der Waals surface area contributed by atoms with Crippen LogP contribution in [0.5, 0.6) is 5.75 Å². The molecular formula is C14H22N2O3S2. The molecule has 0 saturated carbocycles. The maximum absolute atomic E-state index is 12.5. The number of anilines is 1. The summed E-state index contributed by atoms with van der Waals surface area (Å²) in [7, 11) is -3.60. The van der Waals surface area contributed by atoms with Crippen molar-refractivity contribution in [3.63, 3.8) is 0 Å². The highest BCUT2D eigenvalue weighted by atomic mass is 32.2. The summed E-state index contributed by atoms with van der Waals surface area (Å²) < 4.78 is 33.0. The summed E-state index contributed by atoms with van der Waals surface area (Å²) in [6, 6.07) is 4.69. The molecule has 1 saturated heterocycles. The molecule has 0 radical (unpaired) electrons.